The quantitative estimate of drug-likeness (QED) is 0.515. The van der Waals surface area contributed by atoms with Crippen LogP contribution in [0.25, 0.3) is 0 Å². The summed E-state index contributed by atoms with van der Waals surface area (Å²) in [7, 11) is 0. The molecule has 0 amide bonds. The van der Waals surface area contributed by atoms with E-state index in [1.807, 2.05) is 13.8 Å². The molecule has 0 radical (unpaired) electrons. The fourth-order valence-electron chi connectivity index (χ4n) is 8.67. The summed E-state index contributed by atoms with van der Waals surface area (Å²) in [6.07, 6.45) is 15.9. The molecule has 166 valence electrons. The van der Waals surface area contributed by atoms with E-state index in [0.717, 1.165) is 55.3 Å². The zero-order valence-electron chi connectivity index (χ0n) is 19.7. The summed E-state index contributed by atoms with van der Waals surface area (Å²) in [6.45, 7) is 11.6. The predicted octanol–water partition coefficient (Wildman–Crippen LogP) is 6.50. The Balaban J connectivity index is 1.47. The maximum Gasteiger partial charge on any atom is 0.0591 e. The molecule has 7 unspecified atom stereocenters. The smallest absolute Gasteiger partial charge is 0.0591 e. The van der Waals surface area contributed by atoms with Crippen molar-refractivity contribution in [2.45, 2.75) is 117 Å². The average molecular weight is 403 g/mol. The van der Waals surface area contributed by atoms with Gasteiger partial charge in [0.1, 0.15) is 0 Å². The molecule has 0 spiro atoms. The van der Waals surface area contributed by atoms with Gasteiger partial charge in [-0.15, -0.1) is 0 Å². The van der Waals surface area contributed by atoms with Gasteiger partial charge in [0.25, 0.3) is 0 Å². The molecule has 29 heavy (non-hydrogen) atoms. The minimum absolute atomic E-state index is 0.0969. The number of aliphatic hydroxyl groups is 2. The third-order valence-corrected chi connectivity index (χ3v) is 10.3. The van der Waals surface area contributed by atoms with Gasteiger partial charge in [0.2, 0.25) is 0 Å². The first-order valence-corrected chi connectivity index (χ1v) is 12.6. The number of aliphatic hydroxyl groups excluding tert-OH is 1. The van der Waals surface area contributed by atoms with Crippen molar-refractivity contribution in [2.24, 2.45) is 40.4 Å². The second-order valence-corrected chi connectivity index (χ2v) is 12.6. The van der Waals surface area contributed by atoms with Crippen LogP contribution in [0.3, 0.4) is 0 Å². The van der Waals surface area contributed by atoms with E-state index in [0.29, 0.717) is 10.8 Å². The summed E-state index contributed by atoms with van der Waals surface area (Å²) < 4.78 is 0. The molecule has 4 aliphatic carbocycles. The fourth-order valence-corrected chi connectivity index (χ4v) is 8.67. The van der Waals surface area contributed by atoms with Crippen LogP contribution in [0, 0.1) is 40.4 Å². The van der Waals surface area contributed by atoms with E-state index in [1.54, 1.807) is 5.57 Å². The Kier molecular flexibility index (Phi) is 5.78. The van der Waals surface area contributed by atoms with E-state index in [4.69, 9.17) is 0 Å². The van der Waals surface area contributed by atoms with Crippen LogP contribution >= 0.6 is 0 Å². The molecule has 3 saturated carbocycles. The van der Waals surface area contributed by atoms with Gasteiger partial charge in [0, 0.05) is 0 Å². The first kappa shape index (κ1) is 21.9. The van der Waals surface area contributed by atoms with Crippen LogP contribution < -0.4 is 0 Å². The highest BCUT2D eigenvalue weighted by atomic mass is 16.3. The second-order valence-electron chi connectivity index (χ2n) is 12.6. The van der Waals surface area contributed by atoms with Gasteiger partial charge in [-0.3, -0.25) is 0 Å². The summed E-state index contributed by atoms with van der Waals surface area (Å²) in [6, 6.07) is 0. The van der Waals surface area contributed by atoms with E-state index in [9.17, 15) is 10.2 Å². The first-order chi connectivity index (χ1) is 13.5. The van der Waals surface area contributed by atoms with Crippen molar-refractivity contribution >= 4 is 0 Å². The summed E-state index contributed by atoms with van der Waals surface area (Å²) in [5.41, 5.74) is 1.95. The summed E-state index contributed by atoms with van der Waals surface area (Å²) in [5.74, 6) is 4.24. The van der Waals surface area contributed by atoms with Gasteiger partial charge in [0.15, 0.2) is 0 Å². The zero-order valence-corrected chi connectivity index (χ0v) is 19.7. The molecule has 0 saturated heterocycles. The maximum atomic E-state index is 10.2. The topological polar surface area (TPSA) is 40.5 Å². The first-order valence-electron chi connectivity index (χ1n) is 12.6. The average Bonchev–Trinajstić information content (AvgIpc) is 2.98. The van der Waals surface area contributed by atoms with Crippen LogP contribution in [0.1, 0.15) is 105 Å². The largest absolute Gasteiger partial charge is 0.393 e. The van der Waals surface area contributed by atoms with E-state index in [2.05, 4.69) is 26.8 Å². The second kappa shape index (κ2) is 7.66. The highest BCUT2D eigenvalue weighted by molar-refractivity contribution is 5.25. The lowest BCUT2D eigenvalue weighted by Crippen LogP contribution is -2.50. The van der Waals surface area contributed by atoms with Gasteiger partial charge in [-0.1, -0.05) is 45.3 Å². The van der Waals surface area contributed by atoms with Gasteiger partial charge in [-0.2, -0.15) is 0 Å². The molecule has 0 aromatic heterocycles. The van der Waals surface area contributed by atoms with Gasteiger partial charge in [-0.25, -0.2) is 0 Å². The maximum absolute atomic E-state index is 10.2. The highest BCUT2D eigenvalue weighted by Gasteiger charge is 2.59. The van der Waals surface area contributed by atoms with E-state index >= 15 is 0 Å². The van der Waals surface area contributed by atoms with E-state index < -0.39 is 5.60 Å². The Bertz CT molecular complexity index is 631. The molecule has 2 N–H and O–H groups in total. The lowest BCUT2D eigenvalue weighted by Gasteiger charge is -2.58. The van der Waals surface area contributed by atoms with Crippen molar-refractivity contribution in [3.63, 3.8) is 0 Å². The van der Waals surface area contributed by atoms with E-state index in [-0.39, 0.29) is 6.10 Å². The molecule has 2 nitrogen and oxygen atoms in total. The predicted molar refractivity (Wildman–Crippen MR) is 121 cm³/mol. The van der Waals surface area contributed by atoms with Crippen molar-refractivity contribution in [3.05, 3.63) is 11.6 Å². The molecule has 3 fully saturated rings. The van der Waals surface area contributed by atoms with E-state index in [1.165, 1.54) is 44.9 Å². The van der Waals surface area contributed by atoms with Gasteiger partial charge < -0.3 is 10.2 Å². The van der Waals surface area contributed by atoms with Crippen molar-refractivity contribution in [1.29, 1.82) is 0 Å². The van der Waals surface area contributed by atoms with Crippen molar-refractivity contribution < 1.29 is 10.2 Å². The summed E-state index contributed by atoms with van der Waals surface area (Å²) in [4.78, 5) is 0. The molecule has 4 aliphatic rings. The lowest BCUT2D eigenvalue weighted by molar-refractivity contribution is -0.0575. The van der Waals surface area contributed by atoms with Crippen LogP contribution in [0.5, 0.6) is 0 Å². The van der Waals surface area contributed by atoms with Crippen LogP contribution in [0.15, 0.2) is 11.6 Å². The van der Waals surface area contributed by atoms with Gasteiger partial charge >= 0.3 is 0 Å². The Hall–Kier alpha value is -0.340. The van der Waals surface area contributed by atoms with Crippen LogP contribution in [-0.4, -0.2) is 21.9 Å². The lowest BCUT2D eigenvalue weighted by atomic mass is 9.47. The van der Waals surface area contributed by atoms with Crippen LogP contribution in [0.2, 0.25) is 0 Å². The molecule has 0 heterocycles. The third-order valence-electron chi connectivity index (χ3n) is 10.3. The molecule has 0 aromatic rings. The Labute approximate surface area is 179 Å². The molecule has 0 aliphatic heterocycles. The molecule has 0 bridgehead atoms. The van der Waals surface area contributed by atoms with Crippen LogP contribution in [-0.2, 0) is 0 Å². The fraction of sp³-hybridized carbons (Fsp3) is 0.926. The number of hydrogen-bond donors (Lipinski definition) is 2. The number of hydrogen-bond acceptors (Lipinski definition) is 2. The number of allylic oxidation sites excluding steroid dienone is 1. The normalized spacial score (nSPS) is 45.8. The zero-order chi connectivity index (χ0) is 21.0. The minimum atomic E-state index is -0.519. The molecule has 4 rings (SSSR count). The molecular weight excluding hydrogens is 356 g/mol. The Morgan fingerprint density at radius 3 is 2.59 bits per heavy atom. The molecular formula is C27H46O2. The molecule has 8 atom stereocenters. The third kappa shape index (κ3) is 3.86. The highest BCUT2D eigenvalue weighted by Crippen LogP contribution is 2.67. The Morgan fingerprint density at radius 1 is 1.10 bits per heavy atom. The molecule has 0 aromatic carbocycles. The Morgan fingerprint density at radius 2 is 1.86 bits per heavy atom. The van der Waals surface area contributed by atoms with Gasteiger partial charge in [0.05, 0.1) is 11.7 Å². The van der Waals surface area contributed by atoms with Crippen molar-refractivity contribution in [3.8, 4) is 0 Å². The van der Waals surface area contributed by atoms with Crippen molar-refractivity contribution in [2.75, 3.05) is 0 Å². The monoisotopic (exact) mass is 402 g/mol. The standard InChI is InChI=1S/C27H46O2/c1-18(7-6-14-25(2,3)29)22-10-11-23-21-9-8-19-17-20(28)12-15-26(19,4)24(21)13-16-27(22,23)5/h8,18,20-24,28-29H,6-7,9-17H2,1-5H3/t18-,20?,21?,22?,23?,24?,26?,27?/m1/s1. The minimum Gasteiger partial charge on any atom is -0.393 e. The van der Waals surface area contributed by atoms with Crippen LogP contribution in [0.4, 0.5) is 0 Å². The summed E-state index contributed by atoms with van der Waals surface area (Å²) in [5, 5.41) is 20.3. The number of fused-ring (bicyclic) bond motifs is 5. The van der Waals surface area contributed by atoms with Crippen molar-refractivity contribution in [1.82, 2.24) is 0 Å². The molecule has 2 heteroatoms. The summed E-state index contributed by atoms with van der Waals surface area (Å²) >= 11 is 0. The number of rotatable bonds is 5. The SMILES string of the molecule is C[C@H](CCCC(C)(C)O)C1CCC2C3CC=C4CC(O)CCC4(C)C3CCC21C. The van der Waals surface area contributed by atoms with Gasteiger partial charge in [-0.05, 0) is 112 Å².